The number of amides is 1. The molecule has 0 saturated carbocycles. The summed E-state index contributed by atoms with van der Waals surface area (Å²) < 4.78 is 1.28. The van der Waals surface area contributed by atoms with Gasteiger partial charge < -0.3 is 5.32 Å². The van der Waals surface area contributed by atoms with Crippen molar-refractivity contribution in [1.82, 2.24) is 14.9 Å². The van der Waals surface area contributed by atoms with Gasteiger partial charge in [0, 0.05) is 17.8 Å². The Kier molecular flexibility index (Phi) is 3.82. The maximum absolute atomic E-state index is 11.6. The van der Waals surface area contributed by atoms with Crippen LogP contribution in [0, 0.1) is 0 Å². The van der Waals surface area contributed by atoms with Crippen LogP contribution in [0.25, 0.3) is 0 Å². The fourth-order valence-electron chi connectivity index (χ4n) is 1.16. The Bertz CT molecular complexity index is 423. The van der Waals surface area contributed by atoms with Crippen molar-refractivity contribution >= 4 is 5.91 Å². The minimum Gasteiger partial charge on any atom is -0.350 e. The zero-order chi connectivity index (χ0) is 12.2. The number of rotatable bonds is 4. The average molecular weight is 223 g/mol. The SMILES string of the molecule is CCC(C)(C)NC(=O)Cn1cnccc1=O. The number of hydrogen-bond donors (Lipinski definition) is 1. The number of aromatic nitrogens is 2. The van der Waals surface area contributed by atoms with Crippen molar-refractivity contribution in [3.8, 4) is 0 Å². The Morgan fingerprint density at radius 3 is 2.81 bits per heavy atom. The molecular weight excluding hydrogens is 206 g/mol. The van der Waals surface area contributed by atoms with Crippen LogP contribution in [0.2, 0.25) is 0 Å². The first-order valence-electron chi connectivity index (χ1n) is 5.26. The van der Waals surface area contributed by atoms with E-state index >= 15 is 0 Å². The molecule has 0 radical (unpaired) electrons. The number of carbonyl (C=O) groups excluding carboxylic acids is 1. The standard InChI is InChI=1S/C11H17N3O2/c1-4-11(2,3)13-9(15)7-14-8-12-6-5-10(14)16/h5-6,8H,4,7H2,1-3H3,(H,13,15). The van der Waals surface area contributed by atoms with Crippen LogP contribution in [0.15, 0.2) is 23.4 Å². The van der Waals surface area contributed by atoms with Gasteiger partial charge in [0.15, 0.2) is 0 Å². The number of nitrogens with zero attached hydrogens (tertiary/aromatic N) is 2. The van der Waals surface area contributed by atoms with Crippen molar-refractivity contribution in [2.75, 3.05) is 0 Å². The summed E-state index contributed by atoms with van der Waals surface area (Å²) in [7, 11) is 0. The molecule has 1 N–H and O–H groups in total. The highest BCUT2D eigenvalue weighted by molar-refractivity contribution is 5.76. The third-order valence-corrected chi connectivity index (χ3v) is 2.47. The molecule has 0 unspecified atom stereocenters. The lowest BCUT2D eigenvalue weighted by atomic mass is 10.0. The van der Waals surface area contributed by atoms with Crippen LogP contribution in [0.1, 0.15) is 27.2 Å². The molecule has 0 aliphatic heterocycles. The Balaban J connectivity index is 2.66. The second-order valence-corrected chi connectivity index (χ2v) is 4.33. The first-order chi connectivity index (χ1) is 7.44. The van der Waals surface area contributed by atoms with Crippen LogP contribution < -0.4 is 10.9 Å². The van der Waals surface area contributed by atoms with Gasteiger partial charge in [-0.1, -0.05) is 6.92 Å². The molecule has 0 aliphatic rings. The Morgan fingerprint density at radius 2 is 2.25 bits per heavy atom. The first-order valence-corrected chi connectivity index (χ1v) is 5.26. The van der Waals surface area contributed by atoms with Crippen molar-refractivity contribution in [1.29, 1.82) is 0 Å². The van der Waals surface area contributed by atoms with Crippen LogP contribution in [0.3, 0.4) is 0 Å². The normalized spacial score (nSPS) is 11.2. The van der Waals surface area contributed by atoms with Gasteiger partial charge in [-0.25, -0.2) is 4.98 Å². The number of hydrogen-bond acceptors (Lipinski definition) is 3. The topological polar surface area (TPSA) is 64.0 Å². The predicted molar refractivity (Wildman–Crippen MR) is 61.0 cm³/mol. The molecule has 1 amide bonds. The van der Waals surface area contributed by atoms with Crippen LogP contribution >= 0.6 is 0 Å². The third kappa shape index (κ3) is 3.49. The molecule has 0 bridgehead atoms. The summed E-state index contributed by atoms with van der Waals surface area (Å²) in [5.41, 5.74) is -0.470. The maximum Gasteiger partial charge on any atom is 0.253 e. The van der Waals surface area contributed by atoms with Crippen LogP contribution in [-0.2, 0) is 11.3 Å². The van der Waals surface area contributed by atoms with Crippen molar-refractivity contribution in [2.24, 2.45) is 0 Å². The molecule has 0 atom stereocenters. The fourth-order valence-corrected chi connectivity index (χ4v) is 1.16. The molecule has 5 nitrogen and oxygen atoms in total. The lowest BCUT2D eigenvalue weighted by Crippen LogP contribution is -2.45. The van der Waals surface area contributed by atoms with E-state index in [1.807, 2.05) is 20.8 Å². The quantitative estimate of drug-likeness (QED) is 0.810. The Morgan fingerprint density at radius 1 is 1.56 bits per heavy atom. The van der Waals surface area contributed by atoms with Gasteiger partial charge in [-0.2, -0.15) is 0 Å². The van der Waals surface area contributed by atoms with Crippen molar-refractivity contribution < 1.29 is 4.79 Å². The van der Waals surface area contributed by atoms with E-state index in [0.29, 0.717) is 0 Å². The Labute approximate surface area is 94.5 Å². The van der Waals surface area contributed by atoms with Gasteiger partial charge in [-0.05, 0) is 20.3 Å². The third-order valence-electron chi connectivity index (χ3n) is 2.47. The lowest BCUT2D eigenvalue weighted by molar-refractivity contribution is -0.123. The largest absolute Gasteiger partial charge is 0.350 e. The zero-order valence-corrected chi connectivity index (χ0v) is 9.86. The van der Waals surface area contributed by atoms with Gasteiger partial charge in [0.05, 0.1) is 6.33 Å². The molecule has 0 spiro atoms. The fraction of sp³-hybridized carbons (Fsp3) is 0.545. The van der Waals surface area contributed by atoms with E-state index in [0.717, 1.165) is 6.42 Å². The molecule has 0 aliphatic carbocycles. The summed E-state index contributed by atoms with van der Waals surface area (Å²) in [6, 6.07) is 1.33. The van der Waals surface area contributed by atoms with E-state index in [-0.39, 0.29) is 23.6 Å². The van der Waals surface area contributed by atoms with Crippen molar-refractivity contribution in [3.05, 3.63) is 28.9 Å². The monoisotopic (exact) mass is 223 g/mol. The smallest absolute Gasteiger partial charge is 0.253 e. The van der Waals surface area contributed by atoms with Gasteiger partial charge in [0.25, 0.3) is 5.56 Å². The van der Waals surface area contributed by atoms with E-state index in [1.165, 1.54) is 23.2 Å². The second-order valence-electron chi connectivity index (χ2n) is 4.33. The molecule has 1 aromatic heterocycles. The highest BCUT2D eigenvalue weighted by Crippen LogP contribution is 2.06. The minimum atomic E-state index is -0.247. The van der Waals surface area contributed by atoms with E-state index in [9.17, 15) is 9.59 Å². The van der Waals surface area contributed by atoms with Gasteiger partial charge >= 0.3 is 0 Å². The summed E-state index contributed by atoms with van der Waals surface area (Å²) in [5, 5.41) is 2.86. The maximum atomic E-state index is 11.6. The number of carbonyl (C=O) groups is 1. The molecule has 88 valence electrons. The number of nitrogens with one attached hydrogen (secondary N) is 1. The van der Waals surface area contributed by atoms with E-state index in [4.69, 9.17) is 0 Å². The van der Waals surface area contributed by atoms with Crippen LogP contribution in [0.4, 0.5) is 0 Å². The van der Waals surface area contributed by atoms with Crippen LogP contribution in [0.5, 0.6) is 0 Å². The van der Waals surface area contributed by atoms with Gasteiger partial charge in [0.2, 0.25) is 5.91 Å². The zero-order valence-electron chi connectivity index (χ0n) is 9.86. The lowest BCUT2D eigenvalue weighted by Gasteiger charge is -2.24. The van der Waals surface area contributed by atoms with Gasteiger partial charge in [-0.3, -0.25) is 14.2 Å². The molecule has 0 fully saturated rings. The molecule has 1 aromatic rings. The predicted octanol–water partition coefficient (Wildman–Crippen LogP) is 0.548. The summed E-state index contributed by atoms with van der Waals surface area (Å²) in [6.07, 6.45) is 3.61. The first kappa shape index (κ1) is 12.4. The summed E-state index contributed by atoms with van der Waals surface area (Å²) in [5.74, 6) is -0.179. The molecule has 1 heterocycles. The van der Waals surface area contributed by atoms with Crippen molar-refractivity contribution in [3.63, 3.8) is 0 Å². The van der Waals surface area contributed by atoms with Crippen LogP contribution in [-0.4, -0.2) is 21.0 Å². The molecule has 16 heavy (non-hydrogen) atoms. The van der Waals surface area contributed by atoms with E-state index in [2.05, 4.69) is 10.3 Å². The molecule has 0 saturated heterocycles. The molecular formula is C11H17N3O2. The van der Waals surface area contributed by atoms with Gasteiger partial charge in [0.1, 0.15) is 6.54 Å². The highest BCUT2D eigenvalue weighted by Gasteiger charge is 2.17. The average Bonchev–Trinajstić information content (AvgIpc) is 2.21. The summed E-state index contributed by atoms with van der Waals surface area (Å²) in [6.45, 7) is 5.89. The van der Waals surface area contributed by atoms with Gasteiger partial charge in [-0.15, -0.1) is 0 Å². The molecule has 0 aromatic carbocycles. The summed E-state index contributed by atoms with van der Waals surface area (Å²) in [4.78, 5) is 26.8. The second kappa shape index (κ2) is 4.92. The van der Waals surface area contributed by atoms with Crippen molar-refractivity contribution in [2.45, 2.75) is 39.3 Å². The summed E-state index contributed by atoms with van der Waals surface area (Å²) >= 11 is 0. The highest BCUT2D eigenvalue weighted by atomic mass is 16.2. The van der Waals surface area contributed by atoms with E-state index in [1.54, 1.807) is 0 Å². The minimum absolute atomic E-state index is 0.0100. The Hall–Kier alpha value is -1.65. The molecule has 1 rings (SSSR count). The molecule has 5 heteroatoms. The van der Waals surface area contributed by atoms with E-state index < -0.39 is 0 Å².